The van der Waals surface area contributed by atoms with Crippen molar-refractivity contribution in [1.29, 1.82) is 0 Å². The monoisotopic (exact) mass is 310 g/mol. The van der Waals surface area contributed by atoms with E-state index in [0.29, 0.717) is 0 Å². The molecule has 23 heavy (non-hydrogen) atoms. The molecule has 0 saturated carbocycles. The van der Waals surface area contributed by atoms with Gasteiger partial charge in [0.25, 0.3) is 0 Å². The van der Waals surface area contributed by atoms with Crippen molar-refractivity contribution >= 4 is 5.97 Å². The fraction of sp³-hybridized carbons (Fsp3) is 0.316. The molecule has 120 valence electrons. The first kappa shape index (κ1) is 15.7. The minimum atomic E-state index is -0.139. The Labute approximate surface area is 137 Å². The third kappa shape index (κ3) is 4.18. The molecule has 0 radical (unpaired) electrons. The quantitative estimate of drug-likeness (QED) is 0.630. The molecule has 3 atom stereocenters. The minimum absolute atomic E-state index is 0.0789. The molecule has 1 aliphatic rings. The molecule has 1 saturated heterocycles. The van der Waals surface area contributed by atoms with Gasteiger partial charge in [-0.3, -0.25) is 9.69 Å². The molecule has 3 rings (SSSR count). The van der Waals surface area contributed by atoms with Crippen LogP contribution in [0.4, 0.5) is 0 Å². The molecule has 0 bridgehead atoms. The van der Waals surface area contributed by atoms with Crippen LogP contribution in [0.5, 0.6) is 0 Å². The Morgan fingerprint density at radius 2 is 1.83 bits per heavy atom. The number of esters is 1. The number of hydrogen-bond acceptors (Lipinski definition) is 4. The molecule has 2 aromatic rings. The first-order valence-electron chi connectivity index (χ1n) is 7.92. The molecule has 1 heterocycles. The SMILES string of the molecule is COC(=O)C1CN1CC(NCc1ccccc1)c1ccccc1. The summed E-state index contributed by atoms with van der Waals surface area (Å²) in [4.78, 5) is 13.7. The highest BCUT2D eigenvalue weighted by molar-refractivity contribution is 5.78. The summed E-state index contributed by atoms with van der Waals surface area (Å²) in [7, 11) is 1.45. The predicted molar refractivity (Wildman–Crippen MR) is 89.8 cm³/mol. The average molecular weight is 310 g/mol. The van der Waals surface area contributed by atoms with Crippen molar-refractivity contribution in [1.82, 2.24) is 10.2 Å². The summed E-state index contributed by atoms with van der Waals surface area (Å²) < 4.78 is 4.82. The maximum Gasteiger partial charge on any atom is 0.324 e. The van der Waals surface area contributed by atoms with Gasteiger partial charge in [-0.05, 0) is 11.1 Å². The van der Waals surface area contributed by atoms with Crippen molar-refractivity contribution in [2.45, 2.75) is 18.6 Å². The van der Waals surface area contributed by atoms with Crippen LogP contribution in [0, 0.1) is 0 Å². The molecule has 1 fully saturated rings. The number of nitrogens with zero attached hydrogens (tertiary/aromatic N) is 1. The second-order valence-electron chi connectivity index (χ2n) is 5.82. The fourth-order valence-electron chi connectivity index (χ4n) is 2.78. The highest BCUT2D eigenvalue weighted by Gasteiger charge is 2.42. The third-order valence-electron chi connectivity index (χ3n) is 4.20. The zero-order valence-electron chi connectivity index (χ0n) is 13.3. The van der Waals surface area contributed by atoms with Crippen molar-refractivity contribution in [2.24, 2.45) is 0 Å². The van der Waals surface area contributed by atoms with E-state index >= 15 is 0 Å². The molecule has 0 amide bonds. The van der Waals surface area contributed by atoms with Gasteiger partial charge in [0.1, 0.15) is 6.04 Å². The minimum Gasteiger partial charge on any atom is -0.468 e. The molecule has 3 unspecified atom stereocenters. The summed E-state index contributed by atoms with van der Waals surface area (Å²) in [6.45, 7) is 2.39. The van der Waals surface area contributed by atoms with E-state index in [-0.39, 0.29) is 18.1 Å². The Morgan fingerprint density at radius 1 is 1.17 bits per heavy atom. The van der Waals surface area contributed by atoms with Gasteiger partial charge in [-0.2, -0.15) is 0 Å². The van der Waals surface area contributed by atoms with Crippen LogP contribution in [0.2, 0.25) is 0 Å². The molecule has 0 aromatic heterocycles. The lowest BCUT2D eigenvalue weighted by molar-refractivity contribution is -0.140. The van der Waals surface area contributed by atoms with E-state index in [9.17, 15) is 4.79 Å². The lowest BCUT2D eigenvalue weighted by Gasteiger charge is -2.20. The molecule has 1 aliphatic heterocycles. The largest absolute Gasteiger partial charge is 0.468 e. The number of benzene rings is 2. The van der Waals surface area contributed by atoms with Crippen LogP contribution in [0.3, 0.4) is 0 Å². The topological polar surface area (TPSA) is 41.3 Å². The normalized spacial score (nSPS) is 20.7. The molecule has 4 nitrogen and oxygen atoms in total. The van der Waals surface area contributed by atoms with Crippen LogP contribution in [0.1, 0.15) is 17.2 Å². The van der Waals surface area contributed by atoms with Gasteiger partial charge in [-0.15, -0.1) is 0 Å². The number of ether oxygens (including phenoxy) is 1. The number of carbonyl (C=O) groups excluding carboxylic acids is 1. The molecule has 0 aliphatic carbocycles. The molecule has 1 N–H and O–H groups in total. The third-order valence-corrected chi connectivity index (χ3v) is 4.20. The van der Waals surface area contributed by atoms with E-state index in [1.165, 1.54) is 18.2 Å². The number of hydrogen-bond donors (Lipinski definition) is 1. The van der Waals surface area contributed by atoms with Gasteiger partial charge in [0, 0.05) is 25.7 Å². The maximum atomic E-state index is 11.6. The summed E-state index contributed by atoms with van der Waals surface area (Å²) in [5.74, 6) is -0.139. The second-order valence-corrected chi connectivity index (χ2v) is 5.82. The van der Waals surface area contributed by atoms with Crippen LogP contribution in [0.15, 0.2) is 60.7 Å². The van der Waals surface area contributed by atoms with Gasteiger partial charge in [-0.25, -0.2) is 0 Å². The molecular formula is C19H22N2O2. The van der Waals surface area contributed by atoms with E-state index in [1.54, 1.807) is 0 Å². The van der Waals surface area contributed by atoms with E-state index in [4.69, 9.17) is 4.74 Å². The Kier molecular flexibility index (Phi) is 5.05. The molecule has 4 heteroatoms. The Morgan fingerprint density at radius 3 is 2.48 bits per heavy atom. The van der Waals surface area contributed by atoms with Gasteiger partial charge >= 0.3 is 5.97 Å². The molecule has 2 aromatic carbocycles. The lowest BCUT2D eigenvalue weighted by Crippen LogP contribution is -2.29. The predicted octanol–water partition coefficient (Wildman–Crippen LogP) is 2.37. The van der Waals surface area contributed by atoms with Crippen molar-refractivity contribution in [3.8, 4) is 0 Å². The molecular weight excluding hydrogens is 288 g/mol. The Bertz CT molecular complexity index is 630. The number of nitrogens with one attached hydrogen (secondary N) is 1. The van der Waals surface area contributed by atoms with Gasteiger partial charge in [0.15, 0.2) is 0 Å². The summed E-state index contributed by atoms with van der Waals surface area (Å²) in [5.41, 5.74) is 2.49. The van der Waals surface area contributed by atoms with Crippen molar-refractivity contribution in [3.05, 3.63) is 71.8 Å². The first-order chi connectivity index (χ1) is 11.3. The number of carbonyl (C=O) groups is 1. The van der Waals surface area contributed by atoms with Gasteiger partial charge in [0.05, 0.1) is 7.11 Å². The number of rotatable bonds is 7. The fourth-order valence-corrected chi connectivity index (χ4v) is 2.78. The summed E-state index contributed by atoms with van der Waals surface area (Å²) >= 11 is 0. The Balaban J connectivity index is 1.64. The van der Waals surface area contributed by atoms with Crippen molar-refractivity contribution < 1.29 is 9.53 Å². The average Bonchev–Trinajstić information content (AvgIpc) is 3.39. The van der Waals surface area contributed by atoms with Gasteiger partial charge < -0.3 is 10.1 Å². The van der Waals surface area contributed by atoms with Crippen LogP contribution >= 0.6 is 0 Å². The lowest BCUT2D eigenvalue weighted by atomic mass is 10.1. The number of methoxy groups -OCH3 is 1. The van der Waals surface area contributed by atoms with E-state index < -0.39 is 0 Å². The Hall–Kier alpha value is -2.17. The summed E-state index contributed by atoms with van der Waals surface area (Å²) in [5, 5.41) is 3.61. The van der Waals surface area contributed by atoms with Crippen molar-refractivity contribution in [3.63, 3.8) is 0 Å². The van der Waals surface area contributed by atoms with Crippen LogP contribution in [-0.2, 0) is 16.1 Å². The van der Waals surface area contributed by atoms with Crippen LogP contribution < -0.4 is 5.32 Å². The zero-order chi connectivity index (χ0) is 16.1. The maximum absolute atomic E-state index is 11.6. The highest BCUT2D eigenvalue weighted by atomic mass is 16.5. The van der Waals surface area contributed by atoms with Crippen LogP contribution in [-0.4, -0.2) is 37.1 Å². The van der Waals surface area contributed by atoms with E-state index in [2.05, 4.69) is 34.5 Å². The van der Waals surface area contributed by atoms with E-state index in [1.807, 2.05) is 36.4 Å². The summed E-state index contributed by atoms with van der Waals surface area (Å²) in [6, 6.07) is 20.8. The van der Waals surface area contributed by atoms with E-state index in [0.717, 1.165) is 19.6 Å². The van der Waals surface area contributed by atoms with Gasteiger partial charge in [-0.1, -0.05) is 60.7 Å². The molecule has 0 spiro atoms. The summed E-state index contributed by atoms with van der Waals surface area (Å²) in [6.07, 6.45) is 0. The highest BCUT2D eigenvalue weighted by Crippen LogP contribution is 2.24. The van der Waals surface area contributed by atoms with Crippen LogP contribution in [0.25, 0.3) is 0 Å². The standard InChI is InChI=1S/C19H22N2O2/c1-23-19(22)18-14-21(18)13-17(16-10-6-3-7-11-16)20-12-15-8-4-2-5-9-15/h2-11,17-18,20H,12-14H2,1H3. The van der Waals surface area contributed by atoms with Crippen molar-refractivity contribution in [2.75, 3.05) is 20.2 Å². The smallest absolute Gasteiger partial charge is 0.324 e. The van der Waals surface area contributed by atoms with Gasteiger partial charge in [0.2, 0.25) is 0 Å². The second kappa shape index (κ2) is 7.40. The zero-order valence-corrected chi connectivity index (χ0v) is 13.3. The first-order valence-corrected chi connectivity index (χ1v) is 7.92.